The lowest BCUT2D eigenvalue weighted by Gasteiger charge is -2.15. The highest BCUT2D eigenvalue weighted by Crippen LogP contribution is 2.03. The van der Waals surface area contributed by atoms with Crippen LogP contribution in [0.2, 0.25) is 0 Å². The molecule has 0 aromatic carbocycles. The van der Waals surface area contributed by atoms with E-state index in [0.29, 0.717) is 0 Å². The van der Waals surface area contributed by atoms with E-state index in [9.17, 15) is 4.79 Å². The Morgan fingerprint density at radius 1 is 1.29 bits per heavy atom. The Hall–Kier alpha value is -0.380. The van der Waals surface area contributed by atoms with E-state index in [0.717, 1.165) is 17.9 Å². The summed E-state index contributed by atoms with van der Waals surface area (Å²) >= 11 is 1.91. The smallest absolute Gasteiger partial charge is 0.315 e. The number of hydrogen-bond donors (Lipinski definition) is 2. The van der Waals surface area contributed by atoms with Gasteiger partial charge in [0, 0.05) is 12.1 Å². The molecule has 0 spiro atoms. The van der Waals surface area contributed by atoms with Crippen LogP contribution in [0.4, 0.5) is 4.79 Å². The lowest BCUT2D eigenvalue weighted by Crippen LogP contribution is -2.43. The Balaban J connectivity index is 3.50. The number of urea groups is 1. The molecule has 0 rings (SSSR count). The summed E-state index contributed by atoms with van der Waals surface area (Å²) in [5.41, 5.74) is 0. The first-order chi connectivity index (χ1) is 6.56. The zero-order valence-electron chi connectivity index (χ0n) is 9.59. The lowest BCUT2D eigenvalue weighted by atomic mass is 10.3. The van der Waals surface area contributed by atoms with Crippen molar-refractivity contribution in [2.45, 2.75) is 46.2 Å². The highest BCUT2D eigenvalue weighted by atomic mass is 32.2. The summed E-state index contributed by atoms with van der Waals surface area (Å²) in [6.45, 7) is 8.10. The Kier molecular flexibility index (Phi) is 7.76. The van der Waals surface area contributed by atoms with Crippen LogP contribution in [0.3, 0.4) is 0 Å². The minimum atomic E-state index is -0.0611. The molecule has 84 valence electrons. The number of hydrogen-bond acceptors (Lipinski definition) is 2. The van der Waals surface area contributed by atoms with Gasteiger partial charge in [-0.05, 0) is 38.7 Å². The summed E-state index contributed by atoms with van der Waals surface area (Å²) in [5.74, 6) is 2.25. The third kappa shape index (κ3) is 8.23. The maximum absolute atomic E-state index is 11.3. The SMILES string of the molecule is CCSCCC(C)NC(=O)NC(C)C. The van der Waals surface area contributed by atoms with Gasteiger partial charge in [0.05, 0.1) is 0 Å². The third-order valence-electron chi connectivity index (χ3n) is 1.70. The van der Waals surface area contributed by atoms with Crippen molar-refractivity contribution in [3.8, 4) is 0 Å². The summed E-state index contributed by atoms with van der Waals surface area (Å²) in [6, 6.07) is 0.397. The summed E-state index contributed by atoms with van der Waals surface area (Å²) in [5, 5.41) is 5.71. The molecule has 0 aromatic heterocycles. The van der Waals surface area contributed by atoms with E-state index in [1.807, 2.05) is 32.5 Å². The molecule has 1 atom stereocenters. The van der Waals surface area contributed by atoms with Crippen LogP contribution in [-0.2, 0) is 0 Å². The van der Waals surface area contributed by atoms with Crippen LogP contribution in [0, 0.1) is 0 Å². The Bertz CT molecular complexity index is 162. The molecule has 0 fully saturated rings. The van der Waals surface area contributed by atoms with Gasteiger partial charge in [-0.3, -0.25) is 0 Å². The van der Waals surface area contributed by atoms with Gasteiger partial charge in [-0.1, -0.05) is 6.92 Å². The first-order valence-electron chi connectivity index (χ1n) is 5.21. The van der Waals surface area contributed by atoms with Gasteiger partial charge in [-0.2, -0.15) is 11.8 Å². The standard InChI is InChI=1S/C10H22N2OS/c1-5-14-7-6-9(4)12-10(13)11-8(2)3/h8-9H,5-7H2,1-4H3,(H2,11,12,13). The first-order valence-corrected chi connectivity index (χ1v) is 6.36. The number of carbonyl (C=O) groups excluding carboxylic acids is 1. The predicted molar refractivity (Wildman–Crippen MR) is 63.9 cm³/mol. The number of carbonyl (C=O) groups is 1. The van der Waals surface area contributed by atoms with Gasteiger partial charge in [-0.15, -0.1) is 0 Å². The monoisotopic (exact) mass is 218 g/mol. The molecule has 4 heteroatoms. The van der Waals surface area contributed by atoms with Gasteiger partial charge in [0.1, 0.15) is 0 Å². The van der Waals surface area contributed by atoms with Gasteiger partial charge in [0.15, 0.2) is 0 Å². The maximum atomic E-state index is 11.3. The van der Waals surface area contributed by atoms with Gasteiger partial charge in [-0.25, -0.2) is 4.79 Å². The molecule has 0 aromatic rings. The molecule has 3 nitrogen and oxygen atoms in total. The molecular formula is C10H22N2OS. The molecule has 0 heterocycles. The molecule has 0 saturated heterocycles. The number of amides is 2. The second-order valence-electron chi connectivity index (χ2n) is 3.66. The van der Waals surface area contributed by atoms with E-state index >= 15 is 0 Å². The van der Waals surface area contributed by atoms with Crippen LogP contribution in [0.5, 0.6) is 0 Å². The Labute approximate surface area is 91.4 Å². The second-order valence-corrected chi connectivity index (χ2v) is 5.05. The zero-order chi connectivity index (χ0) is 11.0. The fourth-order valence-electron chi connectivity index (χ4n) is 1.00. The molecule has 0 aliphatic carbocycles. The topological polar surface area (TPSA) is 41.1 Å². The van der Waals surface area contributed by atoms with Gasteiger partial charge >= 0.3 is 6.03 Å². The average molecular weight is 218 g/mol. The summed E-state index contributed by atoms with van der Waals surface area (Å²) < 4.78 is 0. The van der Waals surface area contributed by atoms with E-state index in [-0.39, 0.29) is 18.1 Å². The molecule has 2 amide bonds. The summed E-state index contributed by atoms with van der Waals surface area (Å²) in [6.07, 6.45) is 1.03. The largest absolute Gasteiger partial charge is 0.336 e. The molecule has 0 bridgehead atoms. The minimum Gasteiger partial charge on any atom is -0.336 e. The second kappa shape index (κ2) is 7.97. The van der Waals surface area contributed by atoms with Crippen LogP contribution in [0.25, 0.3) is 0 Å². The van der Waals surface area contributed by atoms with Crippen LogP contribution in [0.1, 0.15) is 34.1 Å². The van der Waals surface area contributed by atoms with Crippen molar-refractivity contribution in [2.24, 2.45) is 0 Å². The van der Waals surface area contributed by atoms with Crippen LogP contribution in [-0.4, -0.2) is 29.6 Å². The average Bonchev–Trinajstić information content (AvgIpc) is 2.02. The fourth-order valence-corrected chi connectivity index (χ4v) is 1.81. The number of thioether (sulfide) groups is 1. The molecule has 0 aliphatic heterocycles. The molecule has 14 heavy (non-hydrogen) atoms. The van der Waals surface area contributed by atoms with Crippen molar-refractivity contribution in [3.05, 3.63) is 0 Å². The van der Waals surface area contributed by atoms with Gasteiger partial charge < -0.3 is 10.6 Å². The number of nitrogens with one attached hydrogen (secondary N) is 2. The fraction of sp³-hybridized carbons (Fsp3) is 0.900. The van der Waals surface area contributed by atoms with E-state index in [1.54, 1.807) is 0 Å². The van der Waals surface area contributed by atoms with Gasteiger partial charge in [0.25, 0.3) is 0 Å². The van der Waals surface area contributed by atoms with E-state index in [1.165, 1.54) is 0 Å². The van der Waals surface area contributed by atoms with Crippen LogP contribution in [0.15, 0.2) is 0 Å². The van der Waals surface area contributed by atoms with Crippen molar-refractivity contribution in [2.75, 3.05) is 11.5 Å². The molecule has 0 saturated carbocycles. The van der Waals surface area contributed by atoms with Crippen molar-refractivity contribution in [3.63, 3.8) is 0 Å². The van der Waals surface area contributed by atoms with Crippen molar-refractivity contribution in [1.29, 1.82) is 0 Å². The molecule has 1 unspecified atom stereocenters. The third-order valence-corrected chi connectivity index (χ3v) is 2.63. The first kappa shape index (κ1) is 13.6. The summed E-state index contributed by atoms with van der Waals surface area (Å²) in [4.78, 5) is 11.3. The van der Waals surface area contributed by atoms with E-state index in [4.69, 9.17) is 0 Å². The van der Waals surface area contributed by atoms with Crippen LogP contribution < -0.4 is 10.6 Å². The van der Waals surface area contributed by atoms with Crippen molar-refractivity contribution in [1.82, 2.24) is 10.6 Å². The summed E-state index contributed by atoms with van der Waals surface area (Å²) in [7, 11) is 0. The number of rotatable bonds is 6. The molecule has 0 radical (unpaired) electrons. The van der Waals surface area contributed by atoms with E-state index in [2.05, 4.69) is 17.6 Å². The van der Waals surface area contributed by atoms with E-state index < -0.39 is 0 Å². The minimum absolute atomic E-state index is 0.0611. The van der Waals surface area contributed by atoms with Crippen LogP contribution >= 0.6 is 11.8 Å². The van der Waals surface area contributed by atoms with Crippen molar-refractivity contribution < 1.29 is 4.79 Å². The molecule has 2 N–H and O–H groups in total. The normalized spacial score (nSPS) is 12.6. The van der Waals surface area contributed by atoms with Crippen molar-refractivity contribution >= 4 is 17.8 Å². The molecular weight excluding hydrogens is 196 g/mol. The molecule has 0 aliphatic rings. The highest BCUT2D eigenvalue weighted by Gasteiger charge is 2.06. The lowest BCUT2D eigenvalue weighted by molar-refractivity contribution is 0.235. The quantitative estimate of drug-likeness (QED) is 0.671. The van der Waals surface area contributed by atoms with Gasteiger partial charge in [0.2, 0.25) is 0 Å². The Morgan fingerprint density at radius 3 is 2.43 bits per heavy atom. The zero-order valence-corrected chi connectivity index (χ0v) is 10.4. The maximum Gasteiger partial charge on any atom is 0.315 e. The highest BCUT2D eigenvalue weighted by molar-refractivity contribution is 7.99. The predicted octanol–water partition coefficient (Wildman–Crippen LogP) is 2.23. The Morgan fingerprint density at radius 2 is 1.93 bits per heavy atom.